The molecule has 0 radical (unpaired) electrons. The van der Waals surface area contributed by atoms with Gasteiger partial charge in [0, 0.05) is 36.7 Å². The number of sulfonamides is 1. The molecule has 1 atom stereocenters. The zero-order chi connectivity index (χ0) is 19.0. The van der Waals surface area contributed by atoms with Gasteiger partial charge in [-0.05, 0) is 61.6 Å². The number of aryl methyl sites for hydroxylation is 2. The summed E-state index contributed by atoms with van der Waals surface area (Å²) >= 11 is 3.58. The molecule has 27 heavy (non-hydrogen) atoms. The van der Waals surface area contributed by atoms with E-state index in [-0.39, 0.29) is 0 Å². The van der Waals surface area contributed by atoms with Crippen molar-refractivity contribution in [3.8, 4) is 0 Å². The Balaban J connectivity index is 1.48. The summed E-state index contributed by atoms with van der Waals surface area (Å²) in [4.78, 5) is 2.86. The number of rotatable bonds is 3. The monoisotopic (exact) mass is 448 g/mol. The van der Waals surface area contributed by atoms with Crippen molar-refractivity contribution in [2.24, 2.45) is 0 Å². The molecule has 1 heterocycles. The highest BCUT2D eigenvalue weighted by Crippen LogP contribution is 2.36. The highest BCUT2D eigenvalue weighted by molar-refractivity contribution is 9.10. The first-order valence-corrected chi connectivity index (χ1v) is 11.8. The second kappa shape index (κ2) is 7.66. The van der Waals surface area contributed by atoms with Crippen LogP contribution < -0.4 is 0 Å². The molecule has 0 spiro atoms. The summed E-state index contributed by atoms with van der Waals surface area (Å²) in [5, 5.41) is 0. The molecule has 2 aromatic carbocycles. The topological polar surface area (TPSA) is 40.6 Å². The van der Waals surface area contributed by atoms with Gasteiger partial charge in [-0.15, -0.1) is 0 Å². The summed E-state index contributed by atoms with van der Waals surface area (Å²) in [5.41, 5.74) is 3.91. The Morgan fingerprint density at radius 1 is 1.00 bits per heavy atom. The van der Waals surface area contributed by atoms with Crippen LogP contribution in [0.15, 0.2) is 51.8 Å². The van der Waals surface area contributed by atoms with Crippen LogP contribution in [0.1, 0.15) is 35.6 Å². The molecule has 4 nitrogen and oxygen atoms in total. The minimum atomic E-state index is -3.40. The van der Waals surface area contributed by atoms with E-state index >= 15 is 0 Å². The minimum Gasteiger partial charge on any atom is -0.294 e. The van der Waals surface area contributed by atoms with Gasteiger partial charge in [0.25, 0.3) is 0 Å². The molecule has 1 aliphatic heterocycles. The molecular weight excluding hydrogens is 424 g/mol. The Morgan fingerprint density at radius 3 is 2.41 bits per heavy atom. The third-order valence-electron chi connectivity index (χ3n) is 5.76. The van der Waals surface area contributed by atoms with Crippen LogP contribution in [0.2, 0.25) is 0 Å². The van der Waals surface area contributed by atoms with Gasteiger partial charge in [0.2, 0.25) is 10.0 Å². The lowest BCUT2D eigenvalue weighted by atomic mass is 9.86. The lowest BCUT2D eigenvalue weighted by molar-refractivity contribution is 0.125. The summed E-state index contributed by atoms with van der Waals surface area (Å²) in [6.45, 7) is 4.64. The third-order valence-corrected chi connectivity index (χ3v) is 8.17. The molecule has 1 saturated heterocycles. The number of halogens is 1. The molecular formula is C21H25BrN2O2S. The van der Waals surface area contributed by atoms with Gasteiger partial charge in [0.15, 0.2) is 0 Å². The summed E-state index contributed by atoms with van der Waals surface area (Å²) in [6, 6.07) is 14.2. The minimum absolute atomic E-state index is 0.398. The maximum atomic E-state index is 12.9. The molecule has 2 aliphatic rings. The smallest absolute Gasteiger partial charge is 0.243 e. The van der Waals surface area contributed by atoms with Gasteiger partial charge < -0.3 is 0 Å². The molecule has 0 aromatic heterocycles. The molecule has 1 unspecified atom stereocenters. The fourth-order valence-corrected chi connectivity index (χ4v) is 6.08. The van der Waals surface area contributed by atoms with Crippen LogP contribution in [-0.4, -0.2) is 43.8 Å². The van der Waals surface area contributed by atoms with Crippen molar-refractivity contribution >= 4 is 26.0 Å². The fourth-order valence-electron chi connectivity index (χ4n) is 4.25. The Bertz CT molecular complexity index is 920. The predicted octanol–water partition coefficient (Wildman–Crippen LogP) is 4.14. The van der Waals surface area contributed by atoms with Crippen molar-refractivity contribution in [1.29, 1.82) is 0 Å². The van der Waals surface area contributed by atoms with Gasteiger partial charge >= 0.3 is 0 Å². The first kappa shape index (κ1) is 19.1. The molecule has 2 aromatic rings. The van der Waals surface area contributed by atoms with E-state index in [1.54, 1.807) is 16.4 Å². The predicted molar refractivity (Wildman–Crippen MR) is 111 cm³/mol. The molecule has 0 N–H and O–H groups in total. The Morgan fingerprint density at radius 2 is 1.70 bits per heavy atom. The van der Waals surface area contributed by atoms with E-state index in [4.69, 9.17) is 0 Å². The SMILES string of the molecule is Cc1ccc(S(=O)(=O)N2CCN(C3CCCc4cc(Br)ccc43)CC2)cc1. The van der Waals surface area contributed by atoms with Crippen LogP contribution in [0.4, 0.5) is 0 Å². The van der Waals surface area contributed by atoms with Crippen LogP contribution in [0.3, 0.4) is 0 Å². The molecule has 4 rings (SSSR count). The molecule has 1 fully saturated rings. The van der Waals surface area contributed by atoms with Gasteiger partial charge in [-0.1, -0.05) is 39.7 Å². The summed E-state index contributed by atoms with van der Waals surface area (Å²) in [5.74, 6) is 0. The van der Waals surface area contributed by atoms with E-state index < -0.39 is 10.0 Å². The van der Waals surface area contributed by atoms with E-state index in [2.05, 4.69) is 39.0 Å². The van der Waals surface area contributed by atoms with E-state index in [0.29, 0.717) is 24.0 Å². The zero-order valence-corrected chi connectivity index (χ0v) is 18.0. The first-order chi connectivity index (χ1) is 12.9. The van der Waals surface area contributed by atoms with Crippen molar-refractivity contribution in [2.45, 2.75) is 37.1 Å². The van der Waals surface area contributed by atoms with Gasteiger partial charge in [-0.3, -0.25) is 4.90 Å². The number of benzene rings is 2. The number of nitrogens with zero attached hydrogens (tertiary/aromatic N) is 2. The molecule has 144 valence electrons. The average molecular weight is 449 g/mol. The van der Waals surface area contributed by atoms with Gasteiger partial charge in [-0.25, -0.2) is 8.42 Å². The lowest BCUT2D eigenvalue weighted by Gasteiger charge is -2.41. The van der Waals surface area contributed by atoms with Crippen LogP contribution in [0, 0.1) is 6.92 Å². The van der Waals surface area contributed by atoms with E-state index in [1.807, 2.05) is 19.1 Å². The van der Waals surface area contributed by atoms with E-state index in [0.717, 1.165) is 36.0 Å². The molecule has 1 aliphatic carbocycles. The van der Waals surface area contributed by atoms with E-state index in [9.17, 15) is 8.42 Å². The second-order valence-corrected chi connectivity index (χ2v) is 10.4. The third kappa shape index (κ3) is 3.86. The highest BCUT2D eigenvalue weighted by atomic mass is 79.9. The van der Waals surface area contributed by atoms with Crippen LogP contribution in [0.25, 0.3) is 0 Å². The molecule has 0 saturated carbocycles. The van der Waals surface area contributed by atoms with Crippen LogP contribution in [-0.2, 0) is 16.4 Å². The summed E-state index contributed by atoms with van der Waals surface area (Å²) in [6.07, 6.45) is 3.47. The number of fused-ring (bicyclic) bond motifs is 1. The maximum Gasteiger partial charge on any atom is 0.243 e. The van der Waals surface area contributed by atoms with E-state index in [1.165, 1.54) is 17.5 Å². The standard InChI is InChI=1S/C21H25BrN2O2S/c1-16-5-8-19(9-6-16)27(25,26)24-13-11-23(12-14-24)21-4-2-3-17-15-18(22)7-10-20(17)21/h5-10,15,21H,2-4,11-14H2,1H3. The lowest BCUT2D eigenvalue weighted by Crippen LogP contribution is -2.50. The van der Waals surface area contributed by atoms with Gasteiger partial charge in [0.05, 0.1) is 4.90 Å². The number of hydrogen-bond donors (Lipinski definition) is 0. The van der Waals surface area contributed by atoms with Crippen molar-refractivity contribution in [3.05, 3.63) is 63.6 Å². The number of hydrogen-bond acceptors (Lipinski definition) is 3. The zero-order valence-electron chi connectivity index (χ0n) is 15.6. The van der Waals surface area contributed by atoms with Crippen molar-refractivity contribution in [1.82, 2.24) is 9.21 Å². The first-order valence-electron chi connectivity index (χ1n) is 9.54. The Kier molecular flexibility index (Phi) is 5.43. The molecule has 6 heteroatoms. The van der Waals surface area contributed by atoms with Crippen molar-refractivity contribution < 1.29 is 8.42 Å². The molecule has 0 amide bonds. The van der Waals surface area contributed by atoms with Crippen molar-refractivity contribution in [3.63, 3.8) is 0 Å². The second-order valence-electron chi connectivity index (χ2n) is 7.50. The largest absolute Gasteiger partial charge is 0.294 e. The summed E-state index contributed by atoms with van der Waals surface area (Å²) in [7, 11) is -3.40. The van der Waals surface area contributed by atoms with Crippen LogP contribution >= 0.6 is 15.9 Å². The quantitative estimate of drug-likeness (QED) is 0.707. The molecule has 0 bridgehead atoms. The average Bonchev–Trinajstić information content (AvgIpc) is 2.68. The Hall–Kier alpha value is -1.21. The maximum absolute atomic E-state index is 12.9. The van der Waals surface area contributed by atoms with Gasteiger partial charge in [-0.2, -0.15) is 4.31 Å². The van der Waals surface area contributed by atoms with Crippen molar-refractivity contribution in [2.75, 3.05) is 26.2 Å². The fraction of sp³-hybridized carbons (Fsp3) is 0.429. The number of piperazine rings is 1. The van der Waals surface area contributed by atoms with Crippen LogP contribution in [0.5, 0.6) is 0 Å². The normalized spacial score (nSPS) is 21.8. The highest BCUT2D eigenvalue weighted by Gasteiger charge is 2.33. The summed E-state index contributed by atoms with van der Waals surface area (Å²) < 4.78 is 28.6. The van der Waals surface area contributed by atoms with Gasteiger partial charge in [0.1, 0.15) is 0 Å². The Labute approximate surface area is 170 Å².